The largest absolute Gasteiger partial charge is 0.397 e. The first kappa shape index (κ1) is 13.5. The molecule has 0 aromatic carbocycles. The number of nitrogens with one attached hydrogen (secondary N) is 1. The van der Waals surface area contributed by atoms with Gasteiger partial charge >= 0.3 is 0 Å². The number of rotatable bonds is 4. The maximum absolute atomic E-state index is 11.9. The molecule has 17 heavy (non-hydrogen) atoms. The lowest BCUT2D eigenvalue weighted by Gasteiger charge is -2.17. The Kier molecular flexibility index (Phi) is 4.51. The van der Waals surface area contributed by atoms with Crippen LogP contribution >= 0.6 is 11.3 Å². The third kappa shape index (κ3) is 3.74. The van der Waals surface area contributed by atoms with E-state index in [-0.39, 0.29) is 24.4 Å². The molecule has 2 amide bonds. The van der Waals surface area contributed by atoms with Gasteiger partial charge in [0.1, 0.15) is 4.88 Å². The van der Waals surface area contributed by atoms with Crippen LogP contribution < -0.4 is 11.1 Å². The fraction of sp³-hybridized carbons (Fsp3) is 0.455. The van der Waals surface area contributed by atoms with E-state index in [1.807, 2.05) is 13.8 Å². The molecule has 0 saturated carbocycles. The van der Waals surface area contributed by atoms with Crippen molar-refractivity contribution in [3.05, 3.63) is 16.3 Å². The summed E-state index contributed by atoms with van der Waals surface area (Å²) in [5, 5.41) is 4.48. The number of amides is 2. The van der Waals surface area contributed by atoms with Gasteiger partial charge in [-0.2, -0.15) is 0 Å². The summed E-state index contributed by atoms with van der Waals surface area (Å²) in [5.41, 5.74) is 6.11. The van der Waals surface area contributed by atoms with Crippen LogP contribution in [0.4, 0.5) is 5.69 Å². The highest BCUT2D eigenvalue weighted by Gasteiger charge is 2.18. The van der Waals surface area contributed by atoms with Crippen molar-refractivity contribution in [2.75, 3.05) is 19.3 Å². The van der Waals surface area contributed by atoms with Gasteiger partial charge in [0, 0.05) is 13.1 Å². The predicted molar refractivity (Wildman–Crippen MR) is 69.0 cm³/mol. The van der Waals surface area contributed by atoms with Crippen molar-refractivity contribution in [1.29, 1.82) is 0 Å². The second-order valence-corrected chi connectivity index (χ2v) is 5.00. The van der Waals surface area contributed by atoms with Crippen molar-refractivity contribution in [2.45, 2.75) is 19.9 Å². The van der Waals surface area contributed by atoms with Crippen LogP contribution in [0.2, 0.25) is 0 Å². The molecule has 0 unspecified atom stereocenters. The lowest BCUT2D eigenvalue weighted by molar-refractivity contribution is -0.122. The molecule has 1 aromatic heterocycles. The molecule has 0 radical (unpaired) electrons. The fourth-order valence-corrected chi connectivity index (χ4v) is 2.13. The van der Waals surface area contributed by atoms with Gasteiger partial charge in [-0.05, 0) is 25.3 Å². The third-order valence-electron chi connectivity index (χ3n) is 2.07. The van der Waals surface area contributed by atoms with Crippen molar-refractivity contribution < 1.29 is 9.59 Å². The van der Waals surface area contributed by atoms with E-state index in [0.29, 0.717) is 10.6 Å². The number of nitrogens with two attached hydrogens (primary N) is 1. The van der Waals surface area contributed by atoms with Crippen molar-refractivity contribution in [3.63, 3.8) is 0 Å². The summed E-state index contributed by atoms with van der Waals surface area (Å²) in [6.07, 6.45) is 0. The zero-order valence-corrected chi connectivity index (χ0v) is 11.0. The number of likely N-dealkylation sites (N-methyl/N-ethyl adjacent to an activating group) is 1. The predicted octanol–water partition coefficient (Wildman–Crippen LogP) is 0.927. The van der Waals surface area contributed by atoms with E-state index in [4.69, 9.17) is 5.73 Å². The van der Waals surface area contributed by atoms with Crippen LogP contribution in [-0.2, 0) is 4.79 Å². The van der Waals surface area contributed by atoms with Gasteiger partial charge in [0.25, 0.3) is 5.91 Å². The van der Waals surface area contributed by atoms with E-state index in [1.165, 1.54) is 16.2 Å². The Morgan fingerprint density at radius 1 is 1.53 bits per heavy atom. The Bertz CT molecular complexity index is 415. The maximum atomic E-state index is 11.9. The zero-order chi connectivity index (χ0) is 13.0. The second kappa shape index (κ2) is 5.67. The third-order valence-corrected chi connectivity index (χ3v) is 2.99. The average Bonchev–Trinajstić information content (AvgIpc) is 2.61. The smallest absolute Gasteiger partial charge is 0.266 e. The number of nitrogen functional groups attached to an aromatic ring is 1. The van der Waals surface area contributed by atoms with Gasteiger partial charge in [-0.1, -0.05) is 0 Å². The van der Waals surface area contributed by atoms with Gasteiger partial charge in [-0.3, -0.25) is 9.59 Å². The molecule has 3 N–H and O–H groups in total. The molecule has 0 atom stereocenters. The van der Waals surface area contributed by atoms with Crippen molar-refractivity contribution in [1.82, 2.24) is 10.2 Å². The van der Waals surface area contributed by atoms with Crippen LogP contribution in [0, 0.1) is 0 Å². The first-order valence-electron chi connectivity index (χ1n) is 5.29. The Labute approximate surface area is 105 Å². The van der Waals surface area contributed by atoms with Gasteiger partial charge in [0.2, 0.25) is 5.91 Å². The van der Waals surface area contributed by atoms with E-state index in [1.54, 1.807) is 18.5 Å². The topological polar surface area (TPSA) is 75.4 Å². The highest BCUT2D eigenvalue weighted by atomic mass is 32.1. The van der Waals surface area contributed by atoms with Gasteiger partial charge in [0.05, 0.1) is 12.2 Å². The number of thiophene rings is 1. The summed E-state index contributed by atoms with van der Waals surface area (Å²) >= 11 is 1.28. The summed E-state index contributed by atoms with van der Waals surface area (Å²) in [4.78, 5) is 25.3. The highest BCUT2D eigenvalue weighted by molar-refractivity contribution is 7.12. The van der Waals surface area contributed by atoms with Crippen molar-refractivity contribution in [2.24, 2.45) is 0 Å². The summed E-state index contributed by atoms with van der Waals surface area (Å²) < 4.78 is 0. The first-order valence-corrected chi connectivity index (χ1v) is 6.17. The molecule has 0 aliphatic rings. The lowest BCUT2D eigenvalue weighted by Crippen LogP contribution is -2.40. The van der Waals surface area contributed by atoms with Gasteiger partial charge in [-0.15, -0.1) is 11.3 Å². The molecule has 0 bridgehead atoms. The Balaban J connectivity index is 2.59. The monoisotopic (exact) mass is 255 g/mol. The van der Waals surface area contributed by atoms with E-state index < -0.39 is 0 Å². The van der Waals surface area contributed by atoms with Gasteiger partial charge in [-0.25, -0.2) is 0 Å². The highest BCUT2D eigenvalue weighted by Crippen LogP contribution is 2.20. The standard InChI is InChI=1S/C11H17N3O2S/c1-7(2)13-9(15)6-14(3)11(16)10-8(12)4-5-17-10/h4-5,7H,6,12H2,1-3H3,(H,13,15). The van der Waals surface area contributed by atoms with Crippen LogP contribution in [0.1, 0.15) is 23.5 Å². The zero-order valence-electron chi connectivity index (χ0n) is 10.2. The second-order valence-electron chi connectivity index (χ2n) is 4.09. The lowest BCUT2D eigenvalue weighted by atomic mass is 10.3. The summed E-state index contributed by atoms with van der Waals surface area (Å²) in [5.74, 6) is -0.401. The molecule has 0 saturated heterocycles. The van der Waals surface area contributed by atoms with Crippen LogP contribution in [-0.4, -0.2) is 36.3 Å². The molecular weight excluding hydrogens is 238 g/mol. The minimum atomic E-state index is -0.226. The molecule has 94 valence electrons. The normalized spacial score (nSPS) is 10.4. The van der Waals surface area contributed by atoms with Gasteiger partial charge < -0.3 is 16.0 Å². The van der Waals surface area contributed by atoms with E-state index in [9.17, 15) is 9.59 Å². The van der Waals surface area contributed by atoms with Crippen LogP contribution in [0.15, 0.2) is 11.4 Å². The minimum Gasteiger partial charge on any atom is -0.397 e. The number of hydrogen-bond acceptors (Lipinski definition) is 4. The maximum Gasteiger partial charge on any atom is 0.266 e. The fourth-order valence-electron chi connectivity index (χ4n) is 1.32. The van der Waals surface area contributed by atoms with E-state index in [0.717, 1.165) is 0 Å². The number of hydrogen-bond donors (Lipinski definition) is 2. The number of carbonyl (C=O) groups excluding carboxylic acids is 2. The SMILES string of the molecule is CC(C)NC(=O)CN(C)C(=O)c1sccc1N. The Morgan fingerprint density at radius 2 is 2.18 bits per heavy atom. The molecule has 0 fully saturated rings. The van der Waals surface area contributed by atoms with Crippen LogP contribution in [0.5, 0.6) is 0 Å². The molecular formula is C11H17N3O2S. The van der Waals surface area contributed by atoms with Crippen molar-refractivity contribution in [3.8, 4) is 0 Å². The number of carbonyl (C=O) groups is 2. The van der Waals surface area contributed by atoms with Crippen LogP contribution in [0.3, 0.4) is 0 Å². The minimum absolute atomic E-state index is 0.0361. The Hall–Kier alpha value is -1.56. The number of anilines is 1. The summed E-state index contributed by atoms with van der Waals surface area (Å²) in [6, 6.07) is 1.75. The quantitative estimate of drug-likeness (QED) is 0.840. The Morgan fingerprint density at radius 3 is 2.65 bits per heavy atom. The first-order chi connectivity index (χ1) is 7.91. The van der Waals surface area contributed by atoms with E-state index >= 15 is 0 Å². The molecule has 0 aliphatic carbocycles. The van der Waals surface area contributed by atoms with Crippen LogP contribution in [0.25, 0.3) is 0 Å². The molecule has 1 aromatic rings. The molecule has 0 aliphatic heterocycles. The summed E-state index contributed by atoms with van der Waals surface area (Å²) in [7, 11) is 1.58. The average molecular weight is 255 g/mol. The molecule has 0 spiro atoms. The van der Waals surface area contributed by atoms with E-state index in [2.05, 4.69) is 5.32 Å². The molecule has 1 heterocycles. The van der Waals surface area contributed by atoms with Gasteiger partial charge in [0.15, 0.2) is 0 Å². The van der Waals surface area contributed by atoms with Crippen molar-refractivity contribution >= 4 is 28.8 Å². The molecule has 1 rings (SSSR count). The molecule has 5 nitrogen and oxygen atoms in total. The number of nitrogens with zero attached hydrogens (tertiary/aromatic N) is 1. The molecule has 6 heteroatoms. The summed E-state index contributed by atoms with van der Waals surface area (Å²) in [6.45, 7) is 3.78.